The maximum atomic E-state index is 12.1. The topological polar surface area (TPSA) is 182 Å². The van der Waals surface area contributed by atoms with Crippen molar-refractivity contribution in [2.24, 2.45) is 23.3 Å². The van der Waals surface area contributed by atoms with Gasteiger partial charge in [-0.2, -0.15) is 5.48 Å². The summed E-state index contributed by atoms with van der Waals surface area (Å²) in [7, 11) is 3.06. The first-order valence-electron chi connectivity index (χ1n) is 18.8. The zero-order valence-corrected chi connectivity index (χ0v) is 31.5. The van der Waals surface area contributed by atoms with E-state index in [4.69, 9.17) is 35.4 Å². The van der Waals surface area contributed by atoms with E-state index in [1.54, 1.807) is 7.11 Å². The van der Waals surface area contributed by atoms with Crippen molar-refractivity contribution in [1.82, 2.24) is 30.7 Å². The molecule has 280 valence electrons. The molecule has 2 aromatic carbocycles. The highest BCUT2D eigenvalue weighted by atomic mass is 16.6. The van der Waals surface area contributed by atoms with Crippen LogP contribution in [0.3, 0.4) is 0 Å². The standard InChI is InChI=1S/C40H56N8O4/c1-22(2)31(45-40(49)50-5)18-26(9-7-15-41)39-44-33-20-28-21-34(52-37(28)36(33)47-39)25-11-13-29-24(17-25)12-14-30-35(29)46-38(43-30)27(10-8-16-42)19-32(23(3)4)48-51-6/h11-14,17,21-23,26-27,31-32,48H,7-10,15-16,18-20,41-42H2,1-6H3,(H,43,46)(H,44,47)(H,45,49)/t26?,27?,31-,32-/m1/s1. The fraction of sp³-hybridized carbons (Fsp3) is 0.525. The van der Waals surface area contributed by atoms with E-state index in [0.717, 1.165) is 106 Å². The number of alkyl carbamates (subject to hydrolysis) is 1. The second-order valence-electron chi connectivity index (χ2n) is 15.0. The zero-order valence-electron chi connectivity index (χ0n) is 31.5. The summed E-state index contributed by atoms with van der Waals surface area (Å²) in [4.78, 5) is 34.9. The second-order valence-corrected chi connectivity index (χ2v) is 15.0. The zero-order chi connectivity index (χ0) is 36.9. The lowest BCUT2D eigenvalue weighted by molar-refractivity contribution is 0.0403. The molecule has 52 heavy (non-hydrogen) atoms. The van der Waals surface area contributed by atoms with Crippen LogP contribution in [0.15, 0.2) is 40.8 Å². The predicted octanol–water partition coefficient (Wildman–Crippen LogP) is 7.25. The van der Waals surface area contributed by atoms with E-state index in [1.807, 2.05) is 0 Å². The molecule has 0 aliphatic heterocycles. The summed E-state index contributed by atoms with van der Waals surface area (Å²) in [6.45, 7) is 9.86. The summed E-state index contributed by atoms with van der Waals surface area (Å²) in [6, 6.07) is 13.0. The van der Waals surface area contributed by atoms with E-state index < -0.39 is 6.09 Å². The largest absolute Gasteiger partial charge is 0.454 e. The van der Waals surface area contributed by atoms with Crippen LogP contribution in [0.1, 0.15) is 101 Å². The SMILES string of the molecule is CON[C@H](CC(CCCN)c1nc2ccc3cc(-c4cc5c(o4)-c4[nH]c(C(CCCN)C[C@@H](NC(=O)OC)C(C)C)nc4C5)ccc3c2[nH]1)C(C)C. The number of aromatic nitrogens is 4. The maximum absolute atomic E-state index is 12.1. The lowest BCUT2D eigenvalue weighted by Gasteiger charge is -2.26. The van der Waals surface area contributed by atoms with Gasteiger partial charge >= 0.3 is 6.09 Å². The molecule has 6 rings (SSSR count). The highest BCUT2D eigenvalue weighted by Crippen LogP contribution is 2.42. The fourth-order valence-electron chi connectivity index (χ4n) is 7.60. The number of carbonyl (C=O) groups excluding carboxylic acids is 1. The van der Waals surface area contributed by atoms with Crippen LogP contribution in [0.25, 0.3) is 44.6 Å². The van der Waals surface area contributed by atoms with Crippen molar-refractivity contribution in [2.75, 3.05) is 27.3 Å². The molecule has 1 aliphatic rings. The smallest absolute Gasteiger partial charge is 0.407 e. The van der Waals surface area contributed by atoms with Crippen LogP contribution in [-0.4, -0.2) is 65.4 Å². The molecule has 4 atom stereocenters. The normalized spacial score (nSPS) is 15.0. The minimum Gasteiger partial charge on any atom is -0.454 e. The Morgan fingerprint density at radius 1 is 0.904 bits per heavy atom. The summed E-state index contributed by atoms with van der Waals surface area (Å²) in [5.74, 6) is 4.54. The summed E-state index contributed by atoms with van der Waals surface area (Å²) >= 11 is 0. The van der Waals surface area contributed by atoms with Gasteiger partial charge in [0.25, 0.3) is 0 Å². The predicted molar refractivity (Wildman–Crippen MR) is 206 cm³/mol. The van der Waals surface area contributed by atoms with Gasteiger partial charge in [-0.3, -0.25) is 0 Å². The van der Waals surface area contributed by atoms with Gasteiger partial charge in [-0.05, 0) is 87.0 Å². The number of hydrogen-bond acceptors (Lipinski definition) is 9. The monoisotopic (exact) mass is 712 g/mol. The molecule has 8 N–H and O–H groups in total. The molecule has 1 aliphatic carbocycles. The second kappa shape index (κ2) is 16.6. The number of ether oxygens (including phenoxy) is 1. The first-order chi connectivity index (χ1) is 25.1. The average Bonchev–Trinajstić information content (AvgIpc) is 3.91. The molecule has 3 aromatic heterocycles. The van der Waals surface area contributed by atoms with Gasteiger partial charge in [0, 0.05) is 46.9 Å². The van der Waals surface area contributed by atoms with E-state index >= 15 is 0 Å². The Hall–Kier alpha value is -4.23. The number of nitrogens with two attached hydrogens (primary N) is 2. The minimum atomic E-state index is -0.420. The Labute approximate surface area is 306 Å². The molecular formula is C40H56N8O4. The Morgan fingerprint density at radius 3 is 2.25 bits per heavy atom. The molecule has 0 radical (unpaired) electrons. The number of nitrogens with zero attached hydrogens (tertiary/aromatic N) is 2. The molecule has 0 saturated carbocycles. The third-order valence-corrected chi connectivity index (χ3v) is 10.7. The van der Waals surface area contributed by atoms with Gasteiger partial charge < -0.3 is 40.7 Å². The summed E-state index contributed by atoms with van der Waals surface area (Å²) in [6.07, 6.45) is 5.53. The van der Waals surface area contributed by atoms with Crippen molar-refractivity contribution in [3.63, 3.8) is 0 Å². The number of rotatable bonds is 18. The van der Waals surface area contributed by atoms with E-state index in [1.165, 1.54) is 7.11 Å². The van der Waals surface area contributed by atoms with E-state index in [9.17, 15) is 4.79 Å². The lowest BCUT2D eigenvalue weighted by Crippen LogP contribution is -2.39. The molecule has 12 heteroatoms. The third-order valence-electron chi connectivity index (χ3n) is 10.7. The molecule has 0 spiro atoms. The Morgan fingerprint density at radius 2 is 1.60 bits per heavy atom. The molecule has 0 bridgehead atoms. The van der Waals surface area contributed by atoms with Crippen molar-refractivity contribution in [1.29, 1.82) is 0 Å². The first kappa shape index (κ1) is 37.5. The van der Waals surface area contributed by atoms with E-state index in [0.29, 0.717) is 25.4 Å². The minimum absolute atomic E-state index is 0.0588. The Balaban J connectivity index is 1.25. The molecule has 0 fully saturated rings. The van der Waals surface area contributed by atoms with Crippen molar-refractivity contribution in [2.45, 2.75) is 96.6 Å². The van der Waals surface area contributed by atoms with Gasteiger partial charge in [0.15, 0.2) is 5.76 Å². The lowest BCUT2D eigenvalue weighted by atomic mass is 9.89. The van der Waals surface area contributed by atoms with E-state index in [-0.39, 0.29) is 29.8 Å². The number of furan rings is 1. The molecule has 1 amide bonds. The molecule has 2 unspecified atom stereocenters. The summed E-state index contributed by atoms with van der Waals surface area (Å²) < 4.78 is 11.5. The quantitative estimate of drug-likeness (QED) is 0.0500. The average molecular weight is 713 g/mol. The number of carbonyl (C=O) groups is 1. The third kappa shape index (κ3) is 8.05. The number of hydroxylamine groups is 1. The van der Waals surface area contributed by atoms with Gasteiger partial charge in [-0.1, -0.05) is 45.9 Å². The van der Waals surface area contributed by atoms with Crippen LogP contribution < -0.4 is 22.3 Å². The van der Waals surface area contributed by atoms with Crippen LogP contribution in [0.5, 0.6) is 0 Å². The fourth-order valence-corrected chi connectivity index (χ4v) is 7.60. The molecule has 0 saturated heterocycles. The maximum Gasteiger partial charge on any atom is 0.407 e. The van der Waals surface area contributed by atoms with Crippen LogP contribution in [0.4, 0.5) is 4.79 Å². The number of benzene rings is 2. The summed E-state index contributed by atoms with van der Waals surface area (Å²) in [5.41, 5.74) is 21.1. The van der Waals surface area contributed by atoms with Crippen LogP contribution in [0, 0.1) is 11.8 Å². The Kier molecular flexibility index (Phi) is 12.0. The van der Waals surface area contributed by atoms with Crippen LogP contribution in [0.2, 0.25) is 0 Å². The number of amides is 1. The van der Waals surface area contributed by atoms with Crippen LogP contribution in [-0.2, 0) is 16.0 Å². The first-order valence-corrected chi connectivity index (χ1v) is 18.8. The van der Waals surface area contributed by atoms with Gasteiger partial charge in [0.05, 0.1) is 30.9 Å². The number of nitrogens with one attached hydrogen (secondary N) is 4. The number of H-pyrrole nitrogens is 2. The number of fused-ring (bicyclic) bond motifs is 6. The number of hydrogen-bond donors (Lipinski definition) is 6. The van der Waals surface area contributed by atoms with Crippen molar-refractivity contribution < 1.29 is 18.8 Å². The molecule has 5 aromatic rings. The van der Waals surface area contributed by atoms with Gasteiger partial charge in [-0.15, -0.1) is 0 Å². The molecule has 3 heterocycles. The molecular weight excluding hydrogens is 656 g/mol. The highest BCUT2D eigenvalue weighted by Gasteiger charge is 2.31. The van der Waals surface area contributed by atoms with Crippen molar-refractivity contribution >= 4 is 27.9 Å². The number of aromatic amines is 2. The highest BCUT2D eigenvalue weighted by molar-refractivity contribution is 6.05. The molecule has 12 nitrogen and oxygen atoms in total. The van der Waals surface area contributed by atoms with Crippen molar-refractivity contribution in [3.8, 4) is 22.8 Å². The number of imidazole rings is 2. The van der Waals surface area contributed by atoms with Gasteiger partial charge in [0.2, 0.25) is 0 Å². The van der Waals surface area contributed by atoms with Gasteiger partial charge in [-0.25, -0.2) is 14.8 Å². The number of methoxy groups -OCH3 is 1. The van der Waals surface area contributed by atoms with Gasteiger partial charge in [0.1, 0.15) is 23.1 Å². The van der Waals surface area contributed by atoms with Crippen LogP contribution >= 0.6 is 0 Å². The summed E-state index contributed by atoms with van der Waals surface area (Å²) in [5, 5.41) is 5.25. The Bertz CT molecular complexity index is 1960. The van der Waals surface area contributed by atoms with E-state index in [2.05, 4.69) is 84.9 Å². The van der Waals surface area contributed by atoms with Crippen molar-refractivity contribution in [3.05, 3.63) is 59.3 Å².